The number of carbonyl (C=O) groups excluding carboxylic acids is 1. The third-order valence-electron chi connectivity index (χ3n) is 3.57. The lowest BCUT2D eigenvalue weighted by Gasteiger charge is -2.07. The number of carbonyl (C=O) groups is 1. The molecule has 1 heterocycles. The van der Waals surface area contributed by atoms with E-state index in [2.05, 4.69) is 15.6 Å². The molecule has 2 aromatic carbocycles. The molecule has 3 rings (SSSR count). The molecule has 0 radical (unpaired) electrons. The molecule has 3 aromatic rings. The number of hydrogen-bond acceptors (Lipinski definition) is 4. The molecule has 0 aliphatic rings. The number of aromatic nitrogens is 3. The van der Waals surface area contributed by atoms with Crippen molar-refractivity contribution >= 4 is 28.4 Å². The van der Waals surface area contributed by atoms with Gasteiger partial charge in [-0.3, -0.25) is 9.59 Å². The predicted octanol–water partition coefficient (Wildman–Crippen LogP) is 1.80. The fourth-order valence-corrected chi connectivity index (χ4v) is 2.44. The number of rotatable bonds is 5. The summed E-state index contributed by atoms with van der Waals surface area (Å²) >= 11 is 5.83. The van der Waals surface area contributed by atoms with Gasteiger partial charge in [0, 0.05) is 11.6 Å². The van der Waals surface area contributed by atoms with Gasteiger partial charge in [-0.2, -0.15) is 0 Å². The number of nitrogens with one attached hydrogen (secondary N) is 1. The van der Waals surface area contributed by atoms with Gasteiger partial charge in [0.2, 0.25) is 5.91 Å². The van der Waals surface area contributed by atoms with Crippen LogP contribution in [-0.2, 0) is 17.8 Å². The summed E-state index contributed by atoms with van der Waals surface area (Å²) < 4.78 is 1.07. The van der Waals surface area contributed by atoms with Crippen molar-refractivity contribution in [3.63, 3.8) is 0 Å². The van der Waals surface area contributed by atoms with Crippen LogP contribution in [0.15, 0.2) is 53.3 Å². The lowest BCUT2D eigenvalue weighted by Crippen LogP contribution is -2.35. The minimum absolute atomic E-state index is 0.155. The number of amides is 1. The van der Waals surface area contributed by atoms with E-state index < -0.39 is 0 Å². The molecular weight excluding hydrogens is 328 g/mol. The molecule has 0 fully saturated rings. The van der Waals surface area contributed by atoms with E-state index in [4.69, 9.17) is 11.6 Å². The molecule has 1 N–H and O–H groups in total. The van der Waals surface area contributed by atoms with Gasteiger partial charge in [0.05, 0.1) is 5.39 Å². The maximum Gasteiger partial charge on any atom is 0.278 e. The second-order valence-electron chi connectivity index (χ2n) is 5.30. The second kappa shape index (κ2) is 7.23. The number of hydrogen-bond donors (Lipinski definition) is 1. The summed E-state index contributed by atoms with van der Waals surface area (Å²) in [4.78, 5) is 24.2. The molecule has 0 saturated carbocycles. The Morgan fingerprint density at radius 3 is 2.67 bits per heavy atom. The Hall–Kier alpha value is -2.73. The third kappa shape index (κ3) is 3.78. The largest absolute Gasteiger partial charge is 0.354 e. The van der Waals surface area contributed by atoms with Gasteiger partial charge in [-0.25, -0.2) is 4.68 Å². The standard InChI is InChI=1S/C17H15ClN4O2/c18-13-7-5-12(6-8-13)9-10-19-16(23)11-22-17(24)14-3-1-2-4-15(14)20-21-22/h1-8H,9-11H2,(H,19,23). The van der Waals surface area contributed by atoms with Crippen molar-refractivity contribution in [2.75, 3.05) is 6.54 Å². The summed E-state index contributed by atoms with van der Waals surface area (Å²) in [5.74, 6) is -0.282. The highest BCUT2D eigenvalue weighted by atomic mass is 35.5. The first-order valence-electron chi connectivity index (χ1n) is 7.47. The Morgan fingerprint density at radius 2 is 1.88 bits per heavy atom. The van der Waals surface area contributed by atoms with Crippen LogP contribution in [0.1, 0.15) is 5.56 Å². The van der Waals surface area contributed by atoms with E-state index in [1.54, 1.807) is 24.3 Å². The van der Waals surface area contributed by atoms with Gasteiger partial charge in [0.25, 0.3) is 5.56 Å². The summed E-state index contributed by atoms with van der Waals surface area (Å²) in [6, 6.07) is 14.3. The Kier molecular flexibility index (Phi) is 4.86. The molecule has 1 aromatic heterocycles. The Morgan fingerprint density at radius 1 is 1.12 bits per heavy atom. The highest BCUT2D eigenvalue weighted by molar-refractivity contribution is 6.30. The third-order valence-corrected chi connectivity index (χ3v) is 3.82. The molecule has 7 heteroatoms. The molecule has 6 nitrogen and oxygen atoms in total. The van der Waals surface area contributed by atoms with Crippen LogP contribution in [0.25, 0.3) is 10.9 Å². The van der Waals surface area contributed by atoms with E-state index in [1.807, 2.05) is 24.3 Å². The van der Waals surface area contributed by atoms with E-state index in [0.29, 0.717) is 28.9 Å². The summed E-state index contributed by atoms with van der Waals surface area (Å²) in [5, 5.41) is 11.6. The minimum Gasteiger partial charge on any atom is -0.354 e. The molecule has 0 unspecified atom stereocenters. The summed E-state index contributed by atoms with van der Waals surface area (Å²) in [5.41, 5.74) is 1.26. The number of benzene rings is 2. The first-order chi connectivity index (χ1) is 11.6. The van der Waals surface area contributed by atoms with Crippen LogP contribution in [0.5, 0.6) is 0 Å². The molecule has 1 amide bonds. The highest BCUT2D eigenvalue weighted by Crippen LogP contribution is 2.09. The SMILES string of the molecule is O=C(Cn1nnc2ccccc2c1=O)NCCc1ccc(Cl)cc1. The van der Waals surface area contributed by atoms with Crippen molar-refractivity contribution in [2.45, 2.75) is 13.0 Å². The topological polar surface area (TPSA) is 76.9 Å². The van der Waals surface area contributed by atoms with Gasteiger partial charge in [0.15, 0.2) is 0 Å². The number of fused-ring (bicyclic) bond motifs is 1. The van der Waals surface area contributed by atoms with E-state index in [1.165, 1.54) is 0 Å². The van der Waals surface area contributed by atoms with E-state index in [9.17, 15) is 9.59 Å². The van der Waals surface area contributed by atoms with Gasteiger partial charge in [-0.15, -0.1) is 5.10 Å². The normalized spacial score (nSPS) is 10.7. The average molecular weight is 343 g/mol. The molecule has 122 valence electrons. The molecule has 0 spiro atoms. The first-order valence-corrected chi connectivity index (χ1v) is 7.85. The van der Waals surface area contributed by atoms with Crippen LogP contribution >= 0.6 is 11.6 Å². The van der Waals surface area contributed by atoms with Gasteiger partial charge in [-0.05, 0) is 36.2 Å². The Labute approximate surface area is 143 Å². The number of nitrogens with zero attached hydrogens (tertiary/aromatic N) is 3. The fraction of sp³-hybridized carbons (Fsp3) is 0.176. The van der Waals surface area contributed by atoms with Crippen LogP contribution in [0.2, 0.25) is 5.02 Å². The zero-order chi connectivity index (χ0) is 16.9. The fourth-order valence-electron chi connectivity index (χ4n) is 2.32. The van der Waals surface area contributed by atoms with Gasteiger partial charge in [0.1, 0.15) is 12.1 Å². The van der Waals surface area contributed by atoms with Crippen LogP contribution in [-0.4, -0.2) is 27.4 Å². The van der Waals surface area contributed by atoms with E-state index >= 15 is 0 Å². The van der Waals surface area contributed by atoms with Crippen molar-refractivity contribution in [3.05, 3.63) is 69.5 Å². The molecular formula is C17H15ClN4O2. The lowest BCUT2D eigenvalue weighted by molar-refractivity contribution is -0.121. The van der Waals surface area contributed by atoms with E-state index in [0.717, 1.165) is 10.2 Å². The van der Waals surface area contributed by atoms with Gasteiger partial charge in [-0.1, -0.05) is 41.1 Å². The van der Waals surface area contributed by atoms with Crippen LogP contribution < -0.4 is 10.9 Å². The Bertz CT molecular complexity index is 922. The minimum atomic E-state index is -0.326. The van der Waals surface area contributed by atoms with Crippen LogP contribution in [0, 0.1) is 0 Å². The summed E-state index contributed by atoms with van der Waals surface area (Å²) in [6.07, 6.45) is 0.682. The summed E-state index contributed by atoms with van der Waals surface area (Å²) in [6.45, 7) is 0.313. The van der Waals surface area contributed by atoms with Crippen molar-refractivity contribution in [1.29, 1.82) is 0 Å². The molecule has 24 heavy (non-hydrogen) atoms. The van der Waals surface area contributed by atoms with Crippen molar-refractivity contribution in [1.82, 2.24) is 20.3 Å². The van der Waals surface area contributed by atoms with Crippen LogP contribution in [0.3, 0.4) is 0 Å². The smallest absolute Gasteiger partial charge is 0.278 e. The molecule has 0 aliphatic heterocycles. The average Bonchev–Trinajstić information content (AvgIpc) is 2.59. The molecule has 0 aliphatic carbocycles. The molecule has 0 saturated heterocycles. The van der Waals surface area contributed by atoms with Crippen molar-refractivity contribution in [3.8, 4) is 0 Å². The van der Waals surface area contributed by atoms with Crippen molar-refractivity contribution in [2.24, 2.45) is 0 Å². The zero-order valence-electron chi connectivity index (χ0n) is 12.8. The first kappa shape index (κ1) is 16.1. The monoisotopic (exact) mass is 342 g/mol. The lowest BCUT2D eigenvalue weighted by atomic mass is 10.1. The summed E-state index contributed by atoms with van der Waals surface area (Å²) in [7, 11) is 0. The maximum absolute atomic E-state index is 12.3. The van der Waals surface area contributed by atoms with Crippen molar-refractivity contribution < 1.29 is 4.79 Å². The molecule has 0 atom stereocenters. The van der Waals surface area contributed by atoms with Gasteiger partial charge >= 0.3 is 0 Å². The Balaban J connectivity index is 1.60. The maximum atomic E-state index is 12.3. The second-order valence-corrected chi connectivity index (χ2v) is 5.73. The number of halogens is 1. The zero-order valence-corrected chi connectivity index (χ0v) is 13.5. The van der Waals surface area contributed by atoms with E-state index in [-0.39, 0.29) is 18.0 Å². The predicted molar refractivity (Wildman–Crippen MR) is 92.0 cm³/mol. The molecule has 0 bridgehead atoms. The van der Waals surface area contributed by atoms with Crippen LogP contribution in [0.4, 0.5) is 0 Å². The highest BCUT2D eigenvalue weighted by Gasteiger charge is 2.09. The quantitative estimate of drug-likeness (QED) is 0.767. The van der Waals surface area contributed by atoms with Gasteiger partial charge < -0.3 is 5.32 Å².